The summed E-state index contributed by atoms with van der Waals surface area (Å²) < 4.78 is 1.26. The molecular weight excluding hydrogens is 242 g/mol. The van der Waals surface area contributed by atoms with Gasteiger partial charge in [-0.25, -0.2) is 9.66 Å². The van der Waals surface area contributed by atoms with E-state index >= 15 is 0 Å². The van der Waals surface area contributed by atoms with E-state index < -0.39 is 0 Å². The van der Waals surface area contributed by atoms with E-state index in [9.17, 15) is 9.59 Å². The third-order valence-electron chi connectivity index (χ3n) is 3.12. The summed E-state index contributed by atoms with van der Waals surface area (Å²) in [6, 6.07) is 7.15. The largest absolute Gasteiger partial charge is 0.280 e. The first-order valence-electron chi connectivity index (χ1n) is 6.34. The van der Waals surface area contributed by atoms with Crippen LogP contribution in [0, 0.1) is 0 Å². The number of para-hydroxylation sites is 1. The molecule has 2 aromatic rings. The van der Waals surface area contributed by atoms with Gasteiger partial charge in [0.05, 0.1) is 10.9 Å². The fraction of sp³-hybridized carbons (Fsp3) is 0.357. The zero-order valence-corrected chi connectivity index (χ0v) is 11.3. The Morgan fingerprint density at radius 2 is 2.11 bits per heavy atom. The molecule has 1 heterocycles. The van der Waals surface area contributed by atoms with E-state index in [1.165, 1.54) is 11.6 Å². The number of nitrogens with zero attached hydrogens (tertiary/aromatic N) is 2. The molecule has 5 nitrogen and oxygen atoms in total. The van der Waals surface area contributed by atoms with Crippen molar-refractivity contribution in [2.75, 3.05) is 5.43 Å². The highest BCUT2D eigenvalue weighted by atomic mass is 16.2. The summed E-state index contributed by atoms with van der Waals surface area (Å²) in [4.78, 5) is 28.2. The molecule has 0 aliphatic heterocycles. The summed E-state index contributed by atoms with van der Waals surface area (Å²) in [6.07, 6.45) is 0.838. The van der Waals surface area contributed by atoms with Crippen molar-refractivity contribution in [3.05, 3.63) is 40.4 Å². The maximum atomic E-state index is 12.4. The van der Waals surface area contributed by atoms with Crippen molar-refractivity contribution in [3.8, 4) is 0 Å². The van der Waals surface area contributed by atoms with Crippen LogP contribution < -0.4 is 11.0 Å². The highest BCUT2D eigenvalue weighted by molar-refractivity contribution is 5.82. The van der Waals surface area contributed by atoms with Crippen LogP contribution in [0.25, 0.3) is 10.9 Å². The van der Waals surface area contributed by atoms with E-state index in [1.807, 2.05) is 19.9 Å². The highest BCUT2D eigenvalue weighted by Crippen LogP contribution is 2.17. The van der Waals surface area contributed by atoms with Crippen LogP contribution >= 0.6 is 0 Å². The summed E-state index contributed by atoms with van der Waals surface area (Å²) >= 11 is 0. The van der Waals surface area contributed by atoms with E-state index in [-0.39, 0.29) is 17.4 Å². The summed E-state index contributed by atoms with van der Waals surface area (Å²) in [7, 11) is 0. The van der Waals surface area contributed by atoms with Gasteiger partial charge in [-0.2, -0.15) is 0 Å². The number of benzene rings is 1. The van der Waals surface area contributed by atoms with Crippen molar-refractivity contribution < 1.29 is 4.79 Å². The Labute approximate surface area is 111 Å². The van der Waals surface area contributed by atoms with Crippen LogP contribution in [0.5, 0.6) is 0 Å². The first-order chi connectivity index (χ1) is 9.04. The van der Waals surface area contributed by atoms with Crippen molar-refractivity contribution in [2.24, 2.45) is 0 Å². The Bertz CT molecular complexity index is 676. The molecule has 1 amide bonds. The molecule has 100 valence electrons. The van der Waals surface area contributed by atoms with Gasteiger partial charge in [0.15, 0.2) is 0 Å². The minimum Gasteiger partial charge on any atom is -0.274 e. The molecule has 0 spiro atoms. The Morgan fingerprint density at radius 1 is 1.42 bits per heavy atom. The van der Waals surface area contributed by atoms with E-state index in [2.05, 4.69) is 10.4 Å². The summed E-state index contributed by atoms with van der Waals surface area (Å²) in [5, 5.41) is 0.503. The zero-order valence-electron chi connectivity index (χ0n) is 11.3. The number of hydrogen-bond acceptors (Lipinski definition) is 3. The average Bonchev–Trinajstić information content (AvgIpc) is 2.40. The Balaban J connectivity index is 2.76. The van der Waals surface area contributed by atoms with Crippen molar-refractivity contribution in [3.63, 3.8) is 0 Å². The van der Waals surface area contributed by atoms with E-state index in [1.54, 1.807) is 18.2 Å². The molecule has 0 fully saturated rings. The van der Waals surface area contributed by atoms with Gasteiger partial charge < -0.3 is 0 Å². The lowest BCUT2D eigenvalue weighted by atomic mass is 10.1. The van der Waals surface area contributed by atoms with Gasteiger partial charge in [0.25, 0.3) is 5.56 Å². The minimum absolute atomic E-state index is 0.0872. The Kier molecular flexibility index (Phi) is 3.64. The van der Waals surface area contributed by atoms with Crippen molar-refractivity contribution in [1.82, 2.24) is 9.66 Å². The smallest absolute Gasteiger partial charge is 0.274 e. The van der Waals surface area contributed by atoms with Crippen molar-refractivity contribution >= 4 is 16.8 Å². The van der Waals surface area contributed by atoms with Crippen LogP contribution in [-0.4, -0.2) is 15.6 Å². The van der Waals surface area contributed by atoms with Gasteiger partial charge in [0, 0.05) is 12.8 Å². The first-order valence-corrected chi connectivity index (χ1v) is 6.34. The lowest BCUT2D eigenvalue weighted by Crippen LogP contribution is -2.36. The van der Waals surface area contributed by atoms with E-state index in [0.29, 0.717) is 16.7 Å². The normalized spacial score (nSPS) is 12.4. The van der Waals surface area contributed by atoms with Crippen LogP contribution in [-0.2, 0) is 4.79 Å². The summed E-state index contributed by atoms with van der Waals surface area (Å²) in [5.74, 6) is 0.384. The van der Waals surface area contributed by atoms with Gasteiger partial charge in [-0.1, -0.05) is 26.0 Å². The van der Waals surface area contributed by atoms with E-state index in [0.717, 1.165) is 6.42 Å². The van der Waals surface area contributed by atoms with Gasteiger partial charge >= 0.3 is 0 Å². The monoisotopic (exact) mass is 259 g/mol. The minimum atomic E-state index is -0.288. The Morgan fingerprint density at radius 3 is 2.74 bits per heavy atom. The van der Waals surface area contributed by atoms with Crippen LogP contribution in [0.2, 0.25) is 0 Å². The number of amides is 1. The molecular formula is C14H17N3O2. The van der Waals surface area contributed by atoms with Gasteiger partial charge in [0.2, 0.25) is 5.91 Å². The predicted molar refractivity (Wildman–Crippen MR) is 74.8 cm³/mol. The molecule has 2 rings (SSSR count). The van der Waals surface area contributed by atoms with E-state index in [4.69, 9.17) is 0 Å². The van der Waals surface area contributed by atoms with Crippen LogP contribution in [0.1, 0.15) is 38.9 Å². The molecule has 1 N–H and O–H groups in total. The molecule has 0 saturated carbocycles. The number of fused-ring (bicyclic) bond motifs is 1. The van der Waals surface area contributed by atoms with Crippen LogP contribution in [0.4, 0.5) is 0 Å². The fourth-order valence-corrected chi connectivity index (χ4v) is 1.93. The molecule has 0 radical (unpaired) electrons. The Hall–Kier alpha value is -2.17. The predicted octanol–water partition coefficient (Wildman–Crippen LogP) is 2.00. The number of hydrogen-bond donors (Lipinski definition) is 1. The molecule has 19 heavy (non-hydrogen) atoms. The third-order valence-corrected chi connectivity index (χ3v) is 3.12. The van der Waals surface area contributed by atoms with Gasteiger partial charge in [-0.15, -0.1) is 0 Å². The second-order valence-electron chi connectivity index (χ2n) is 4.60. The molecule has 0 bridgehead atoms. The number of rotatable bonds is 3. The van der Waals surface area contributed by atoms with Crippen molar-refractivity contribution in [2.45, 2.75) is 33.1 Å². The van der Waals surface area contributed by atoms with Crippen molar-refractivity contribution in [1.29, 1.82) is 0 Å². The highest BCUT2D eigenvalue weighted by Gasteiger charge is 2.15. The molecule has 1 aromatic heterocycles. The second kappa shape index (κ2) is 5.22. The first kappa shape index (κ1) is 13.3. The molecule has 0 aliphatic rings. The topological polar surface area (TPSA) is 64.0 Å². The third kappa shape index (κ3) is 2.50. The second-order valence-corrected chi connectivity index (χ2v) is 4.60. The summed E-state index contributed by atoms with van der Waals surface area (Å²) in [6.45, 7) is 5.38. The van der Waals surface area contributed by atoms with Gasteiger partial charge in [0.1, 0.15) is 5.82 Å². The maximum Gasteiger partial charge on any atom is 0.280 e. The lowest BCUT2D eigenvalue weighted by Gasteiger charge is -2.17. The fourth-order valence-electron chi connectivity index (χ4n) is 1.93. The molecule has 1 unspecified atom stereocenters. The average molecular weight is 259 g/mol. The van der Waals surface area contributed by atoms with Gasteiger partial charge in [-0.05, 0) is 18.6 Å². The van der Waals surface area contributed by atoms with Crippen LogP contribution in [0.15, 0.2) is 29.1 Å². The molecule has 5 heteroatoms. The molecule has 0 aliphatic carbocycles. The SMILES string of the molecule is CCC(C)c1nc2ccccc2c(=O)n1NC(C)=O. The zero-order chi connectivity index (χ0) is 14.0. The lowest BCUT2D eigenvalue weighted by molar-refractivity contribution is -0.115. The standard InChI is InChI=1S/C14H17N3O2/c1-4-9(2)13-15-12-8-6-5-7-11(12)14(19)17(13)16-10(3)18/h5-9H,4H2,1-3H3,(H,16,18). The maximum absolute atomic E-state index is 12.4. The number of nitrogens with one attached hydrogen (secondary N) is 1. The number of carbonyl (C=O) groups is 1. The number of aromatic nitrogens is 2. The molecule has 1 aromatic carbocycles. The summed E-state index contributed by atoms with van der Waals surface area (Å²) in [5.41, 5.74) is 2.97. The quantitative estimate of drug-likeness (QED) is 0.917. The molecule has 1 atom stereocenters. The van der Waals surface area contributed by atoms with Crippen LogP contribution in [0.3, 0.4) is 0 Å². The molecule has 0 saturated heterocycles. The van der Waals surface area contributed by atoms with Gasteiger partial charge in [-0.3, -0.25) is 15.0 Å². The number of carbonyl (C=O) groups excluding carboxylic acids is 1.